The first-order valence-corrected chi connectivity index (χ1v) is 11.4. The molecule has 8 nitrogen and oxygen atoms in total. The van der Waals surface area contributed by atoms with Crippen molar-refractivity contribution in [3.63, 3.8) is 0 Å². The third kappa shape index (κ3) is 5.15. The number of hydrogen-bond donors (Lipinski definition) is 1. The first-order valence-electron chi connectivity index (χ1n) is 9.93. The van der Waals surface area contributed by atoms with Gasteiger partial charge >= 0.3 is 11.9 Å². The minimum Gasteiger partial charge on any atom is -0.465 e. The number of sulfonamides is 1. The van der Waals surface area contributed by atoms with Crippen LogP contribution >= 0.6 is 0 Å². The lowest BCUT2D eigenvalue weighted by Crippen LogP contribution is -2.27. The van der Waals surface area contributed by atoms with Crippen molar-refractivity contribution in [2.45, 2.75) is 18.7 Å². The van der Waals surface area contributed by atoms with E-state index >= 15 is 0 Å². The molecule has 2 aromatic carbocycles. The predicted molar refractivity (Wildman–Crippen MR) is 125 cm³/mol. The molecular weight excluding hydrogens is 444 g/mol. The zero-order chi connectivity index (χ0) is 24.2. The van der Waals surface area contributed by atoms with Crippen molar-refractivity contribution < 1.29 is 27.5 Å². The van der Waals surface area contributed by atoms with Gasteiger partial charge < -0.3 is 14.4 Å². The van der Waals surface area contributed by atoms with E-state index in [1.54, 1.807) is 24.4 Å². The van der Waals surface area contributed by atoms with Crippen LogP contribution in [-0.4, -0.2) is 34.6 Å². The van der Waals surface area contributed by atoms with Crippen LogP contribution < -0.4 is 9.62 Å². The van der Waals surface area contributed by atoms with Crippen molar-refractivity contribution in [3.05, 3.63) is 89.3 Å². The van der Waals surface area contributed by atoms with E-state index < -0.39 is 22.0 Å². The van der Waals surface area contributed by atoms with Crippen LogP contribution in [0.3, 0.4) is 0 Å². The van der Waals surface area contributed by atoms with Gasteiger partial charge in [0.15, 0.2) is 0 Å². The highest BCUT2D eigenvalue weighted by atomic mass is 32.2. The molecule has 1 aliphatic heterocycles. The number of benzene rings is 2. The minimum absolute atomic E-state index is 0.00237. The fourth-order valence-corrected chi connectivity index (χ4v) is 4.41. The fourth-order valence-electron chi connectivity index (χ4n) is 3.28. The van der Waals surface area contributed by atoms with Gasteiger partial charge in [-0.15, -0.1) is 0 Å². The molecule has 172 valence electrons. The Balaban J connectivity index is 1.98. The van der Waals surface area contributed by atoms with Gasteiger partial charge in [-0.3, -0.25) is 4.72 Å². The van der Waals surface area contributed by atoms with E-state index in [0.717, 1.165) is 11.1 Å². The maximum atomic E-state index is 12.9. The Morgan fingerprint density at radius 2 is 1.58 bits per heavy atom. The molecule has 1 heterocycles. The molecule has 1 aliphatic rings. The number of nitrogens with zero attached hydrogens (tertiary/aromatic N) is 1. The van der Waals surface area contributed by atoms with Crippen LogP contribution in [0.15, 0.2) is 83.1 Å². The van der Waals surface area contributed by atoms with Gasteiger partial charge in [0.2, 0.25) is 0 Å². The number of ether oxygens (including phenoxy) is 2. The van der Waals surface area contributed by atoms with Crippen LogP contribution in [0.25, 0.3) is 0 Å². The Kier molecular flexibility index (Phi) is 7.03. The van der Waals surface area contributed by atoms with Crippen molar-refractivity contribution in [2.24, 2.45) is 0 Å². The van der Waals surface area contributed by atoms with E-state index in [4.69, 9.17) is 9.47 Å². The number of allylic oxidation sites excluding steroid dienone is 2. The third-order valence-corrected chi connectivity index (χ3v) is 6.32. The largest absolute Gasteiger partial charge is 0.465 e. The average Bonchev–Trinajstić information content (AvgIpc) is 3.03. The van der Waals surface area contributed by atoms with Gasteiger partial charge in [-0.1, -0.05) is 23.8 Å². The Hall–Kier alpha value is -3.85. The summed E-state index contributed by atoms with van der Waals surface area (Å²) in [7, 11) is -1.43. The molecule has 0 radical (unpaired) electrons. The average molecular weight is 469 g/mol. The smallest absolute Gasteiger partial charge is 0.355 e. The summed E-state index contributed by atoms with van der Waals surface area (Å²) in [5, 5.41) is 0. The monoisotopic (exact) mass is 468 g/mol. The molecule has 2 aromatic rings. The second kappa shape index (κ2) is 9.74. The highest BCUT2D eigenvalue weighted by Crippen LogP contribution is 2.28. The number of aryl methyl sites for hydroxylation is 2. The van der Waals surface area contributed by atoms with Crippen LogP contribution in [-0.2, 0) is 29.1 Å². The van der Waals surface area contributed by atoms with Crippen molar-refractivity contribution in [1.29, 1.82) is 0 Å². The molecule has 0 fully saturated rings. The fraction of sp³-hybridized carbons (Fsp3) is 0.167. The molecule has 0 amide bonds. The molecule has 0 aliphatic carbocycles. The Morgan fingerprint density at radius 3 is 2.18 bits per heavy atom. The second-order valence-electron chi connectivity index (χ2n) is 7.23. The van der Waals surface area contributed by atoms with Crippen molar-refractivity contribution in [3.8, 4) is 0 Å². The minimum atomic E-state index is -3.84. The molecule has 1 N–H and O–H groups in total. The molecule has 9 heteroatoms. The summed E-state index contributed by atoms with van der Waals surface area (Å²) in [6, 6.07) is 11.3. The maximum Gasteiger partial charge on any atom is 0.355 e. The molecule has 3 rings (SSSR count). The van der Waals surface area contributed by atoms with E-state index in [-0.39, 0.29) is 16.2 Å². The van der Waals surface area contributed by atoms with Gasteiger partial charge in [0.1, 0.15) is 5.70 Å². The molecule has 0 atom stereocenters. The summed E-state index contributed by atoms with van der Waals surface area (Å²) in [5.74, 6) is -1.46. The predicted octanol–water partition coefficient (Wildman–Crippen LogP) is 3.59. The van der Waals surface area contributed by atoms with Crippen LogP contribution in [0.2, 0.25) is 0 Å². The zero-order valence-electron chi connectivity index (χ0n) is 18.7. The number of nitrogens with one attached hydrogen (secondary N) is 1. The number of carbonyl (C=O) groups is 2. The van der Waals surface area contributed by atoms with Crippen molar-refractivity contribution in [1.82, 2.24) is 0 Å². The topological polar surface area (TPSA) is 102 Å². The van der Waals surface area contributed by atoms with E-state index in [0.29, 0.717) is 11.4 Å². The lowest BCUT2D eigenvalue weighted by atomic mass is 10.1. The summed E-state index contributed by atoms with van der Waals surface area (Å²) >= 11 is 0. The summed E-state index contributed by atoms with van der Waals surface area (Å²) in [5.41, 5.74) is 2.72. The Labute approximate surface area is 192 Å². The molecule has 33 heavy (non-hydrogen) atoms. The highest BCUT2D eigenvalue weighted by molar-refractivity contribution is 7.92. The molecule has 0 aromatic heterocycles. The summed E-state index contributed by atoms with van der Waals surface area (Å²) < 4.78 is 38.0. The Morgan fingerprint density at radius 1 is 0.909 bits per heavy atom. The Bertz CT molecular complexity index is 1270. The maximum absolute atomic E-state index is 12.9. The summed E-state index contributed by atoms with van der Waals surface area (Å²) in [6.45, 7) is 3.76. The molecule has 0 saturated carbocycles. The number of anilines is 2. The lowest BCUT2D eigenvalue weighted by Gasteiger charge is -2.23. The number of rotatable bonds is 6. The second-order valence-corrected chi connectivity index (χ2v) is 8.92. The van der Waals surface area contributed by atoms with Crippen molar-refractivity contribution in [2.75, 3.05) is 23.8 Å². The first-order chi connectivity index (χ1) is 15.7. The van der Waals surface area contributed by atoms with E-state index in [2.05, 4.69) is 4.72 Å². The molecular formula is C24H24N2O6S. The van der Waals surface area contributed by atoms with Crippen LogP contribution in [0.5, 0.6) is 0 Å². The first kappa shape index (κ1) is 23.8. The molecule has 0 bridgehead atoms. The normalized spacial score (nSPS) is 13.5. The van der Waals surface area contributed by atoms with E-state index in [1.165, 1.54) is 49.5 Å². The van der Waals surface area contributed by atoms with Gasteiger partial charge in [0.25, 0.3) is 10.0 Å². The standard InChI is InChI=1S/C24H24N2O6S/c1-16-8-13-21(17(2)15-16)25-33(29,30)19-11-9-18(10-12-19)26-14-6-5-7-20(23(27)31-3)22(26)24(28)32-4/h5-15,25H,1-4H3. The van der Waals surface area contributed by atoms with Gasteiger partial charge in [0.05, 0.1) is 30.4 Å². The van der Waals surface area contributed by atoms with Gasteiger partial charge in [0, 0.05) is 11.9 Å². The van der Waals surface area contributed by atoms with E-state index in [9.17, 15) is 18.0 Å². The summed E-state index contributed by atoms with van der Waals surface area (Å²) in [4.78, 5) is 26.2. The SMILES string of the molecule is COC(=O)C1=C(C(=O)OC)N(c2ccc(S(=O)(=O)Nc3ccc(C)cc3C)cc2)C=CC=C1. The molecule has 0 saturated heterocycles. The van der Waals surface area contributed by atoms with Crippen LogP contribution in [0.4, 0.5) is 11.4 Å². The highest BCUT2D eigenvalue weighted by Gasteiger charge is 2.27. The zero-order valence-corrected chi connectivity index (χ0v) is 19.5. The van der Waals surface area contributed by atoms with Crippen molar-refractivity contribution >= 4 is 33.3 Å². The van der Waals surface area contributed by atoms with Crippen LogP contribution in [0, 0.1) is 13.8 Å². The van der Waals surface area contributed by atoms with Gasteiger partial charge in [-0.2, -0.15) is 0 Å². The number of hydrogen-bond acceptors (Lipinski definition) is 7. The number of esters is 2. The molecule has 0 spiro atoms. The molecule has 0 unspecified atom stereocenters. The van der Waals surface area contributed by atoms with Gasteiger partial charge in [-0.25, -0.2) is 18.0 Å². The third-order valence-electron chi connectivity index (χ3n) is 4.94. The quantitative estimate of drug-likeness (QED) is 0.647. The van der Waals surface area contributed by atoms with Crippen LogP contribution in [0.1, 0.15) is 11.1 Å². The number of carbonyl (C=O) groups excluding carboxylic acids is 2. The summed E-state index contributed by atoms with van der Waals surface area (Å²) in [6.07, 6.45) is 6.23. The van der Waals surface area contributed by atoms with E-state index in [1.807, 2.05) is 26.0 Å². The van der Waals surface area contributed by atoms with Gasteiger partial charge in [-0.05, 0) is 61.9 Å². The number of methoxy groups -OCH3 is 2. The lowest BCUT2D eigenvalue weighted by molar-refractivity contribution is -0.139.